The molecule has 1 saturated carbocycles. The van der Waals surface area contributed by atoms with Crippen LogP contribution in [0.1, 0.15) is 31.2 Å². The summed E-state index contributed by atoms with van der Waals surface area (Å²) in [6.07, 6.45) is 8.76. The van der Waals surface area contributed by atoms with Gasteiger partial charge in [-0.3, -0.25) is 4.90 Å². The van der Waals surface area contributed by atoms with E-state index in [2.05, 4.69) is 44.6 Å². The van der Waals surface area contributed by atoms with Crippen molar-refractivity contribution in [3.63, 3.8) is 0 Å². The van der Waals surface area contributed by atoms with Gasteiger partial charge in [-0.2, -0.15) is 5.10 Å². The third-order valence-corrected chi connectivity index (χ3v) is 4.96. The van der Waals surface area contributed by atoms with Gasteiger partial charge in [0, 0.05) is 19.1 Å². The molecular formula is C18H26ClN5. The number of nitrogens with zero attached hydrogens (tertiary/aromatic N) is 4. The van der Waals surface area contributed by atoms with Crippen molar-refractivity contribution in [2.24, 2.45) is 5.92 Å². The minimum atomic E-state index is 0. The van der Waals surface area contributed by atoms with Crippen molar-refractivity contribution in [1.29, 1.82) is 0 Å². The molecule has 0 spiro atoms. The second-order valence-corrected chi connectivity index (χ2v) is 6.88. The highest BCUT2D eigenvalue weighted by atomic mass is 35.5. The third kappa shape index (κ3) is 4.35. The SMILES string of the molecule is Cl.c1ncn(-c2ccc(CN(CC3CCCNC3)C3CC3)cc2)n1. The number of nitrogens with one attached hydrogen (secondary N) is 1. The normalized spacial score (nSPS) is 20.8. The van der Waals surface area contributed by atoms with Crippen molar-refractivity contribution < 1.29 is 0 Å². The van der Waals surface area contributed by atoms with Crippen LogP contribution in [0.15, 0.2) is 36.9 Å². The topological polar surface area (TPSA) is 46.0 Å². The van der Waals surface area contributed by atoms with E-state index in [0.29, 0.717) is 0 Å². The van der Waals surface area contributed by atoms with Gasteiger partial charge >= 0.3 is 0 Å². The van der Waals surface area contributed by atoms with Crippen LogP contribution in [0.4, 0.5) is 0 Å². The third-order valence-electron chi connectivity index (χ3n) is 4.96. The monoisotopic (exact) mass is 347 g/mol. The van der Waals surface area contributed by atoms with Crippen LogP contribution in [-0.4, -0.2) is 45.3 Å². The molecule has 1 N–H and O–H groups in total. The van der Waals surface area contributed by atoms with Crippen LogP contribution in [0.5, 0.6) is 0 Å². The Morgan fingerprint density at radius 2 is 2.00 bits per heavy atom. The summed E-state index contributed by atoms with van der Waals surface area (Å²) in [6.45, 7) is 4.69. The van der Waals surface area contributed by atoms with E-state index in [1.807, 2.05) is 0 Å². The molecule has 6 heteroatoms. The van der Waals surface area contributed by atoms with E-state index < -0.39 is 0 Å². The van der Waals surface area contributed by atoms with Gasteiger partial charge in [0.15, 0.2) is 0 Å². The fraction of sp³-hybridized carbons (Fsp3) is 0.556. The summed E-state index contributed by atoms with van der Waals surface area (Å²) in [5.74, 6) is 0.818. The van der Waals surface area contributed by atoms with Crippen LogP contribution in [0.3, 0.4) is 0 Å². The largest absolute Gasteiger partial charge is 0.316 e. The van der Waals surface area contributed by atoms with Gasteiger partial charge in [0.2, 0.25) is 0 Å². The highest BCUT2D eigenvalue weighted by Gasteiger charge is 2.30. The van der Waals surface area contributed by atoms with Crippen LogP contribution in [-0.2, 0) is 6.54 Å². The van der Waals surface area contributed by atoms with E-state index >= 15 is 0 Å². The Morgan fingerprint density at radius 3 is 2.62 bits per heavy atom. The molecule has 130 valence electrons. The second kappa shape index (κ2) is 8.10. The van der Waals surface area contributed by atoms with E-state index in [-0.39, 0.29) is 12.4 Å². The Kier molecular flexibility index (Phi) is 5.87. The molecule has 2 aliphatic rings. The Bertz CT molecular complexity index is 603. The Balaban J connectivity index is 0.00000169. The molecule has 5 nitrogen and oxygen atoms in total. The van der Waals surface area contributed by atoms with Gasteiger partial charge in [-0.1, -0.05) is 12.1 Å². The first-order chi connectivity index (χ1) is 11.4. The van der Waals surface area contributed by atoms with Crippen molar-refractivity contribution in [2.45, 2.75) is 38.3 Å². The summed E-state index contributed by atoms with van der Waals surface area (Å²) in [7, 11) is 0. The summed E-state index contributed by atoms with van der Waals surface area (Å²) < 4.78 is 1.80. The van der Waals surface area contributed by atoms with Crippen LogP contribution < -0.4 is 5.32 Å². The zero-order chi connectivity index (χ0) is 15.5. The van der Waals surface area contributed by atoms with Crippen LogP contribution in [0, 0.1) is 5.92 Å². The van der Waals surface area contributed by atoms with Gasteiger partial charge in [0.05, 0.1) is 5.69 Å². The fourth-order valence-corrected chi connectivity index (χ4v) is 3.52. The molecular weight excluding hydrogens is 322 g/mol. The van der Waals surface area contributed by atoms with Gasteiger partial charge in [-0.05, 0) is 62.4 Å². The zero-order valence-corrected chi connectivity index (χ0v) is 14.8. The summed E-state index contributed by atoms with van der Waals surface area (Å²) in [5.41, 5.74) is 2.46. The van der Waals surface area contributed by atoms with Gasteiger partial charge < -0.3 is 5.32 Å². The quantitative estimate of drug-likeness (QED) is 0.872. The lowest BCUT2D eigenvalue weighted by atomic mass is 9.98. The molecule has 1 aliphatic carbocycles. The van der Waals surface area contributed by atoms with Crippen LogP contribution in [0.25, 0.3) is 5.69 Å². The van der Waals surface area contributed by atoms with Crippen LogP contribution >= 0.6 is 12.4 Å². The predicted octanol–water partition coefficient (Wildman–Crippen LogP) is 2.65. The summed E-state index contributed by atoms with van der Waals surface area (Å²) in [5, 5.41) is 7.73. The number of halogens is 1. The Labute approximate surface area is 149 Å². The fourth-order valence-electron chi connectivity index (χ4n) is 3.52. The van der Waals surface area contributed by atoms with Crippen molar-refractivity contribution in [2.75, 3.05) is 19.6 Å². The highest BCUT2D eigenvalue weighted by molar-refractivity contribution is 5.85. The molecule has 1 unspecified atom stereocenters. The van der Waals surface area contributed by atoms with E-state index in [4.69, 9.17) is 0 Å². The summed E-state index contributed by atoms with van der Waals surface area (Å²) >= 11 is 0. The molecule has 1 atom stereocenters. The number of hydrogen-bond acceptors (Lipinski definition) is 4. The predicted molar refractivity (Wildman–Crippen MR) is 97.6 cm³/mol. The molecule has 2 heterocycles. The molecule has 2 fully saturated rings. The molecule has 24 heavy (non-hydrogen) atoms. The molecule has 1 aromatic heterocycles. The van der Waals surface area contributed by atoms with E-state index in [1.54, 1.807) is 17.3 Å². The summed E-state index contributed by atoms with van der Waals surface area (Å²) in [6, 6.07) is 9.54. The average Bonchev–Trinajstić information content (AvgIpc) is 3.30. The van der Waals surface area contributed by atoms with Gasteiger partial charge in [-0.25, -0.2) is 9.67 Å². The van der Waals surface area contributed by atoms with Gasteiger partial charge in [-0.15, -0.1) is 12.4 Å². The van der Waals surface area contributed by atoms with Crippen LogP contribution in [0.2, 0.25) is 0 Å². The summed E-state index contributed by atoms with van der Waals surface area (Å²) in [4.78, 5) is 6.70. The first kappa shape index (κ1) is 17.4. The number of piperidine rings is 1. The highest BCUT2D eigenvalue weighted by Crippen LogP contribution is 2.30. The maximum atomic E-state index is 4.18. The minimum absolute atomic E-state index is 0. The number of hydrogen-bond donors (Lipinski definition) is 1. The first-order valence-corrected chi connectivity index (χ1v) is 8.77. The molecule has 0 radical (unpaired) electrons. The van der Waals surface area contributed by atoms with E-state index in [9.17, 15) is 0 Å². The molecule has 1 aliphatic heterocycles. The minimum Gasteiger partial charge on any atom is -0.316 e. The van der Waals surface area contributed by atoms with Gasteiger partial charge in [0.25, 0.3) is 0 Å². The molecule has 1 saturated heterocycles. The average molecular weight is 348 g/mol. The Hall–Kier alpha value is -1.43. The smallest absolute Gasteiger partial charge is 0.138 e. The lowest BCUT2D eigenvalue weighted by Gasteiger charge is -2.30. The molecule has 2 aromatic rings. The molecule has 1 aromatic carbocycles. The lowest BCUT2D eigenvalue weighted by molar-refractivity contribution is 0.193. The molecule has 4 rings (SSSR count). The van der Waals surface area contributed by atoms with E-state index in [0.717, 1.165) is 24.2 Å². The number of aromatic nitrogens is 3. The number of rotatable bonds is 6. The second-order valence-electron chi connectivity index (χ2n) is 6.88. The number of benzene rings is 1. The van der Waals surface area contributed by atoms with Crippen molar-refractivity contribution in [3.8, 4) is 5.69 Å². The maximum absolute atomic E-state index is 4.18. The van der Waals surface area contributed by atoms with Crippen molar-refractivity contribution in [1.82, 2.24) is 25.0 Å². The standard InChI is InChI=1S/C18H25N5.ClH/c1-2-16(10-19-9-1)12-22(17-7-8-17)11-15-3-5-18(6-4-15)23-14-20-13-21-23;/h3-6,13-14,16-17,19H,1-2,7-12H2;1H. The maximum Gasteiger partial charge on any atom is 0.138 e. The zero-order valence-electron chi connectivity index (χ0n) is 14.0. The molecule has 0 amide bonds. The lowest BCUT2D eigenvalue weighted by Crippen LogP contribution is -2.39. The molecule has 0 bridgehead atoms. The Morgan fingerprint density at radius 1 is 1.17 bits per heavy atom. The van der Waals surface area contributed by atoms with Crippen molar-refractivity contribution >= 4 is 12.4 Å². The first-order valence-electron chi connectivity index (χ1n) is 8.77. The van der Waals surface area contributed by atoms with E-state index in [1.165, 1.54) is 50.9 Å². The van der Waals surface area contributed by atoms with Crippen molar-refractivity contribution in [3.05, 3.63) is 42.5 Å². The van der Waals surface area contributed by atoms with Gasteiger partial charge in [0.1, 0.15) is 12.7 Å².